The monoisotopic (exact) mass is 257 g/mol. The topological polar surface area (TPSA) is 68.0 Å². The second-order valence-corrected chi connectivity index (χ2v) is 4.29. The van der Waals surface area contributed by atoms with Gasteiger partial charge in [-0.05, 0) is 24.5 Å². The van der Waals surface area contributed by atoms with Gasteiger partial charge in [0.1, 0.15) is 0 Å². The van der Waals surface area contributed by atoms with Gasteiger partial charge in [-0.25, -0.2) is 0 Å². The van der Waals surface area contributed by atoms with Crippen LogP contribution in [0.15, 0.2) is 24.5 Å². The van der Waals surface area contributed by atoms with E-state index in [-0.39, 0.29) is 30.3 Å². The van der Waals surface area contributed by atoms with Gasteiger partial charge in [-0.2, -0.15) is 0 Å². The van der Waals surface area contributed by atoms with Crippen LogP contribution in [0.25, 0.3) is 0 Å². The largest absolute Gasteiger partial charge is 0.348 e. The Morgan fingerprint density at radius 2 is 2.06 bits per heavy atom. The molecule has 1 heterocycles. The highest BCUT2D eigenvalue weighted by atomic mass is 35.5. The van der Waals surface area contributed by atoms with Crippen LogP contribution in [-0.4, -0.2) is 16.9 Å². The van der Waals surface area contributed by atoms with Gasteiger partial charge in [-0.15, -0.1) is 12.4 Å². The van der Waals surface area contributed by atoms with Crippen LogP contribution in [0.1, 0.15) is 32.4 Å². The van der Waals surface area contributed by atoms with Crippen LogP contribution in [0.5, 0.6) is 0 Å². The van der Waals surface area contributed by atoms with Crippen molar-refractivity contribution in [1.29, 1.82) is 0 Å². The van der Waals surface area contributed by atoms with Crippen molar-refractivity contribution in [3.05, 3.63) is 30.1 Å². The maximum absolute atomic E-state index is 11.7. The van der Waals surface area contributed by atoms with Crippen LogP contribution < -0.4 is 11.1 Å². The second-order valence-electron chi connectivity index (χ2n) is 4.29. The lowest BCUT2D eigenvalue weighted by Gasteiger charge is -2.19. The third-order valence-corrected chi connectivity index (χ3v) is 2.56. The van der Waals surface area contributed by atoms with Crippen LogP contribution in [0, 0.1) is 5.92 Å². The van der Waals surface area contributed by atoms with Gasteiger partial charge < -0.3 is 11.1 Å². The number of rotatable bonds is 4. The van der Waals surface area contributed by atoms with E-state index in [9.17, 15) is 4.79 Å². The number of hydrogen-bond donors (Lipinski definition) is 2. The zero-order valence-electron chi connectivity index (χ0n) is 10.4. The van der Waals surface area contributed by atoms with Crippen molar-refractivity contribution in [2.45, 2.75) is 32.9 Å². The Balaban J connectivity index is 0.00000256. The molecule has 3 N–H and O–H groups in total. The van der Waals surface area contributed by atoms with Gasteiger partial charge in [-0.1, -0.05) is 19.9 Å². The van der Waals surface area contributed by atoms with Crippen molar-refractivity contribution < 1.29 is 4.79 Å². The normalized spacial score (nSPS) is 13.7. The number of halogens is 1. The molecule has 5 heteroatoms. The van der Waals surface area contributed by atoms with Gasteiger partial charge in [0, 0.05) is 12.4 Å². The van der Waals surface area contributed by atoms with E-state index >= 15 is 0 Å². The van der Waals surface area contributed by atoms with E-state index < -0.39 is 6.04 Å². The van der Waals surface area contributed by atoms with E-state index in [2.05, 4.69) is 10.3 Å². The maximum Gasteiger partial charge on any atom is 0.237 e. The molecule has 17 heavy (non-hydrogen) atoms. The van der Waals surface area contributed by atoms with Crippen molar-refractivity contribution in [2.75, 3.05) is 0 Å². The van der Waals surface area contributed by atoms with Crippen molar-refractivity contribution in [3.63, 3.8) is 0 Å². The molecule has 1 amide bonds. The molecule has 0 aliphatic heterocycles. The molecule has 0 aliphatic rings. The molecule has 4 nitrogen and oxygen atoms in total. The summed E-state index contributed by atoms with van der Waals surface area (Å²) in [7, 11) is 0. The zero-order chi connectivity index (χ0) is 12.1. The maximum atomic E-state index is 11.7. The van der Waals surface area contributed by atoms with Crippen LogP contribution in [0.4, 0.5) is 0 Å². The minimum Gasteiger partial charge on any atom is -0.348 e. The molecule has 0 saturated heterocycles. The van der Waals surface area contributed by atoms with Crippen molar-refractivity contribution in [3.8, 4) is 0 Å². The Morgan fingerprint density at radius 1 is 1.41 bits per heavy atom. The Morgan fingerprint density at radius 3 is 2.53 bits per heavy atom. The molecule has 1 rings (SSSR count). The van der Waals surface area contributed by atoms with Gasteiger partial charge in [0.05, 0.1) is 12.1 Å². The fourth-order valence-corrected chi connectivity index (χ4v) is 1.33. The first-order chi connectivity index (χ1) is 7.52. The fraction of sp³-hybridized carbons (Fsp3) is 0.500. The first-order valence-electron chi connectivity index (χ1n) is 5.48. The van der Waals surface area contributed by atoms with E-state index in [0.717, 1.165) is 5.56 Å². The Bertz CT molecular complexity index is 343. The number of amides is 1. The molecule has 0 spiro atoms. The Kier molecular flexibility index (Phi) is 6.76. The molecule has 0 fully saturated rings. The predicted molar refractivity (Wildman–Crippen MR) is 70.9 cm³/mol. The molecule has 0 bridgehead atoms. The molecular weight excluding hydrogens is 238 g/mol. The SMILES string of the molecule is CC(NC(=O)[C@H](N)C(C)C)c1cccnc1.Cl. The summed E-state index contributed by atoms with van der Waals surface area (Å²) in [4.78, 5) is 15.7. The molecule has 1 aromatic rings. The van der Waals surface area contributed by atoms with Crippen molar-refractivity contribution in [1.82, 2.24) is 10.3 Å². The summed E-state index contributed by atoms with van der Waals surface area (Å²) < 4.78 is 0. The lowest BCUT2D eigenvalue weighted by atomic mass is 10.0. The molecule has 1 aromatic heterocycles. The van der Waals surface area contributed by atoms with Gasteiger partial charge in [0.25, 0.3) is 0 Å². The number of nitrogens with zero attached hydrogens (tertiary/aromatic N) is 1. The Labute approximate surface area is 108 Å². The third kappa shape index (κ3) is 4.71. The molecule has 0 aromatic carbocycles. The van der Waals surface area contributed by atoms with E-state index in [0.29, 0.717) is 0 Å². The lowest BCUT2D eigenvalue weighted by molar-refractivity contribution is -0.123. The molecule has 0 aliphatic carbocycles. The molecule has 2 atom stereocenters. The van der Waals surface area contributed by atoms with Gasteiger partial charge in [-0.3, -0.25) is 9.78 Å². The molecule has 0 radical (unpaired) electrons. The summed E-state index contributed by atoms with van der Waals surface area (Å²) in [6, 6.07) is 3.25. The van der Waals surface area contributed by atoms with E-state index in [1.54, 1.807) is 12.4 Å². The standard InChI is InChI=1S/C12H19N3O.ClH/c1-8(2)11(13)12(16)15-9(3)10-5-4-6-14-7-10;/h4-9,11H,13H2,1-3H3,(H,15,16);1H/t9?,11-;/m1./s1. The number of carbonyl (C=O) groups is 1. The van der Waals surface area contributed by atoms with Crippen LogP contribution in [0.3, 0.4) is 0 Å². The smallest absolute Gasteiger partial charge is 0.237 e. The summed E-state index contributed by atoms with van der Waals surface area (Å²) in [6.45, 7) is 5.78. The van der Waals surface area contributed by atoms with Gasteiger partial charge in [0.15, 0.2) is 0 Å². The van der Waals surface area contributed by atoms with Gasteiger partial charge in [0.2, 0.25) is 5.91 Å². The number of nitrogens with two attached hydrogens (primary N) is 1. The summed E-state index contributed by atoms with van der Waals surface area (Å²) in [5.74, 6) is 0.0208. The number of nitrogens with one attached hydrogen (secondary N) is 1. The van der Waals surface area contributed by atoms with E-state index in [4.69, 9.17) is 5.73 Å². The summed E-state index contributed by atoms with van der Waals surface area (Å²) in [6.07, 6.45) is 3.45. The quantitative estimate of drug-likeness (QED) is 0.862. The first kappa shape index (κ1) is 15.9. The molecule has 96 valence electrons. The van der Waals surface area contributed by atoms with Crippen LogP contribution in [-0.2, 0) is 4.79 Å². The lowest BCUT2D eigenvalue weighted by Crippen LogP contribution is -2.44. The van der Waals surface area contributed by atoms with Crippen LogP contribution in [0.2, 0.25) is 0 Å². The van der Waals surface area contributed by atoms with Crippen molar-refractivity contribution >= 4 is 18.3 Å². The predicted octanol–water partition coefficient (Wildman–Crippen LogP) is 1.66. The second kappa shape index (κ2) is 7.25. The highest BCUT2D eigenvalue weighted by molar-refractivity contribution is 5.85. The number of pyridine rings is 1. The summed E-state index contributed by atoms with van der Waals surface area (Å²) in [5, 5.41) is 2.87. The highest BCUT2D eigenvalue weighted by Crippen LogP contribution is 2.10. The van der Waals surface area contributed by atoms with E-state index in [1.807, 2.05) is 32.9 Å². The summed E-state index contributed by atoms with van der Waals surface area (Å²) >= 11 is 0. The average molecular weight is 258 g/mol. The molecule has 1 unspecified atom stereocenters. The van der Waals surface area contributed by atoms with E-state index in [1.165, 1.54) is 0 Å². The third-order valence-electron chi connectivity index (χ3n) is 2.56. The minimum atomic E-state index is -0.459. The average Bonchev–Trinajstić information content (AvgIpc) is 2.28. The Hall–Kier alpha value is -1.13. The molecular formula is C12H20ClN3O. The van der Waals surface area contributed by atoms with Gasteiger partial charge >= 0.3 is 0 Å². The van der Waals surface area contributed by atoms with Crippen molar-refractivity contribution in [2.24, 2.45) is 11.7 Å². The number of carbonyl (C=O) groups excluding carboxylic acids is 1. The number of hydrogen-bond acceptors (Lipinski definition) is 3. The minimum absolute atomic E-state index is 0. The summed E-state index contributed by atoms with van der Waals surface area (Å²) in [5.41, 5.74) is 6.74. The number of aromatic nitrogens is 1. The molecule has 0 saturated carbocycles. The fourth-order valence-electron chi connectivity index (χ4n) is 1.33. The first-order valence-corrected chi connectivity index (χ1v) is 5.48. The zero-order valence-corrected chi connectivity index (χ0v) is 11.2. The van der Waals surface area contributed by atoms with Crippen LogP contribution >= 0.6 is 12.4 Å². The highest BCUT2D eigenvalue weighted by Gasteiger charge is 2.19.